The predicted molar refractivity (Wildman–Crippen MR) is 137 cm³/mol. The Balaban J connectivity index is 1.34. The van der Waals surface area contributed by atoms with Crippen LogP contribution in [0.3, 0.4) is 0 Å². The molecule has 0 radical (unpaired) electrons. The van der Waals surface area contributed by atoms with E-state index >= 15 is 0 Å². The Morgan fingerprint density at radius 2 is 1.18 bits per heavy atom. The Hall–Kier alpha value is -3.02. The van der Waals surface area contributed by atoms with Crippen molar-refractivity contribution in [1.82, 2.24) is 9.80 Å². The van der Waals surface area contributed by atoms with E-state index < -0.39 is 0 Å². The number of nitrogens with zero attached hydrogens (tertiary/aromatic N) is 2. The van der Waals surface area contributed by atoms with E-state index in [-0.39, 0.29) is 0 Å². The highest BCUT2D eigenvalue weighted by Gasteiger charge is 2.21. The standard InChI is InChI=1S/C29H36N2O3/c1-32-27-20-23(21-28(33-2)29(27)34-3)22-31-18-16-30(17-19-31)15-14-26(24-10-6-4-7-11-24)25-12-8-5-9-13-25/h4-13,20-21,26H,14-19,22H2,1-3H3. The highest BCUT2D eigenvalue weighted by atomic mass is 16.5. The van der Waals surface area contributed by atoms with Gasteiger partial charge in [0.15, 0.2) is 11.5 Å². The zero-order valence-corrected chi connectivity index (χ0v) is 20.6. The first-order valence-electron chi connectivity index (χ1n) is 12.0. The van der Waals surface area contributed by atoms with Crippen molar-refractivity contribution < 1.29 is 14.2 Å². The molecule has 1 aliphatic rings. The molecule has 0 aromatic heterocycles. The Morgan fingerprint density at radius 3 is 1.65 bits per heavy atom. The smallest absolute Gasteiger partial charge is 0.203 e. The molecule has 1 fully saturated rings. The summed E-state index contributed by atoms with van der Waals surface area (Å²) in [6.45, 7) is 6.26. The van der Waals surface area contributed by atoms with Gasteiger partial charge >= 0.3 is 0 Å². The molecule has 3 aromatic rings. The molecule has 1 aliphatic heterocycles. The van der Waals surface area contributed by atoms with Gasteiger partial charge < -0.3 is 19.1 Å². The minimum Gasteiger partial charge on any atom is -0.493 e. The molecule has 0 unspecified atom stereocenters. The molecule has 3 aromatic carbocycles. The van der Waals surface area contributed by atoms with Gasteiger partial charge in [-0.2, -0.15) is 0 Å². The summed E-state index contributed by atoms with van der Waals surface area (Å²) in [6.07, 6.45) is 1.13. The van der Waals surface area contributed by atoms with Crippen molar-refractivity contribution in [2.24, 2.45) is 0 Å². The van der Waals surface area contributed by atoms with Crippen molar-refractivity contribution in [2.75, 3.05) is 54.1 Å². The average molecular weight is 461 g/mol. The van der Waals surface area contributed by atoms with Gasteiger partial charge in [-0.3, -0.25) is 4.90 Å². The SMILES string of the molecule is COc1cc(CN2CCN(CCC(c3ccccc3)c3ccccc3)CC2)cc(OC)c1OC. The third-order valence-corrected chi connectivity index (χ3v) is 6.73. The zero-order valence-electron chi connectivity index (χ0n) is 20.6. The molecule has 5 heteroatoms. The van der Waals surface area contributed by atoms with Crippen LogP contribution >= 0.6 is 0 Å². The van der Waals surface area contributed by atoms with Gasteiger partial charge in [0.2, 0.25) is 5.75 Å². The van der Waals surface area contributed by atoms with Crippen LogP contribution in [0.5, 0.6) is 17.2 Å². The van der Waals surface area contributed by atoms with Crippen LogP contribution in [-0.4, -0.2) is 63.9 Å². The van der Waals surface area contributed by atoms with E-state index in [2.05, 4.69) is 82.6 Å². The number of ether oxygens (including phenoxy) is 3. The van der Waals surface area contributed by atoms with Crippen LogP contribution in [0, 0.1) is 0 Å². The largest absolute Gasteiger partial charge is 0.493 e. The van der Waals surface area contributed by atoms with Crippen molar-refractivity contribution in [1.29, 1.82) is 0 Å². The highest BCUT2D eigenvalue weighted by molar-refractivity contribution is 5.53. The van der Waals surface area contributed by atoms with Crippen LogP contribution in [0.2, 0.25) is 0 Å². The molecule has 1 heterocycles. The summed E-state index contributed by atoms with van der Waals surface area (Å²) in [4.78, 5) is 5.10. The molecule has 0 bridgehead atoms. The number of hydrogen-bond acceptors (Lipinski definition) is 5. The van der Waals surface area contributed by atoms with Crippen LogP contribution in [-0.2, 0) is 6.54 Å². The van der Waals surface area contributed by atoms with Crippen molar-refractivity contribution in [2.45, 2.75) is 18.9 Å². The maximum absolute atomic E-state index is 5.52. The highest BCUT2D eigenvalue weighted by Crippen LogP contribution is 2.38. The van der Waals surface area contributed by atoms with Crippen LogP contribution < -0.4 is 14.2 Å². The lowest BCUT2D eigenvalue weighted by molar-refractivity contribution is 0.125. The number of piperazine rings is 1. The molecule has 1 saturated heterocycles. The molecule has 4 rings (SSSR count). The van der Waals surface area contributed by atoms with Crippen LogP contribution in [0.25, 0.3) is 0 Å². The van der Waals surface area contributed by atoms with E-state index in [0.29, 0.717) is 23.2 Å². The van der Waals surface area contributed by atoms with Gasteiger partial charge in [-0.25, -0.2) is 0 Å². The molecule has 0 saturated carbocycles. The minimum absolute atomic E-state index is 0.430. The van der Waals surface area contributed by atoms with Crippen molar-refractivity contribution in [3.05, 3.63) is 89.5 Å². The van der Waals surface area contributed by atoms with E-state index in [1.54, 1.807) is 21.3 Å². The summed E-state index contributed by atoms with van der Waals surface area (Å²) < 4.78 is 16.5. The summed E-state index contributed by atoms with van der Waals surface area (Å²) in [6, 6.07) is 25.9. The molecular weight excluding hydrogens is 424 g/mol. The molecule has 180 valence electrons. The van der Waals surface area contributed by atoms with Crippen LogP contribution in [0.4, 0.5) is 0 Å². The second kappa shape index (κ2) is 11.9. The molecule has 5 nitrogen and oxygen atoms in total. The van der Waals surface area contributed by atoms with Gasteiger partial charge in [0.1, 0.15) is 0 Å². The third kappa shape index (κ3) is 5.91. The average Bonchev–Trinajstić information content (AvgIpc) is 2.90. The molecular formula is C29H36N2O3. The number of hydrogen-bond donors (Lipinski definition) is 0. The summed E-state index contributed by atoms with van der Waals surface area (Å²) >= 11 is 0. The Bertz CT molecular complexity index is 954. The van der Waals surface area contributed by atoms with Gasteiger partial charge in [0, 0.05) is 38.6 Å². The van der Waals surface area contributed by atoms with E-state index in [0.717, 1.165) is 45.7 Å². The van der Waals surface area contributed by atoms with Crippen LogP contribution in [0.15, 0.2) is 72.8 Å². The summed E-state index contributed by atoms with van der Waals surface area (Å²) in [5.74, 6) is 2.50. The van der Waals surface area contributed by atoms with E-state index in [1.807, 2.05) is 0 Å². The minimum atomic E-state index is 0.430. The normalized spacial score (nSPS) is 14.8. The lowest BCUT2D eigenvalue weighted by atomic mass is 9.88. The maximum Gasteiger partial charge on any atom is 0.203 e. The monoisotopic (exact) mass is 460 g/mol. The summed E-state index contributed by atoms with van der Waals surface area (Å²) in [5, 5.41) is 0. The molecule has 0 spiro atoms. The Morgan fingerprint density at radius 1 is 0.676 bits per heavy atom. The Kier molecular flexibility index (Phi) is 8.45. The van der Waals surface area contributed by atoms with E-state index in [9.17, 15) is 0 Å². The number of benzene rings is 3. The lowest BCUT2D eigenvalue weighted by Gasteiger charge is -2.35. The first-order valence-corrected chi connectivity index (χ1v) is 12.0. The first kappa shape index (κ1) is 24.1. The maximum atomic E-state index is 5.52. The predicted octanol–water partition coefficient (Wildman–Crippen LogP) is 5.05. The van der Waals surface area contributed by atoms with Gasteiger partial charge in [-0.05, 0) is 41.8 Å². The topological polar surface area (TPSA) is 34.2 Å². The number of rotatable bonds is 10. The second-order valence-electron chi connectivity index (χ2n) is 8.81. The van der Waals surface area contributed by atoms with Crippen molar-refractivity contribution in [3.8, 4) is 17.2 Å². The molecule has 0 aliphatic carbocycles. The van der Waals surface area contributed by atoms with Gasteiger partial charge in [-0.1, -0.05) is 60.7 Å². The molecule has 0 atom stereocenters. The molecule has 34 heavy (non-hydrogen) atoms. The second-order valence-corrected chi connectivity index (χ2v) is 8.81. The van der Waals surface area contributed by atoms with Gasteiger partial charge in [0.05, 0.1) is 21.3 Å². The zero-order chi connectivity index (χ0) is 23.8. The van der Waals surface area contributed by atoms with Crippen molar-refractivity contribution >= 4 is 0 Å². The molecule has 0 N–H and O–H groups in total. The fourth-order valence-corrected chi connectivity index (χ4v) is 4.86. The summed E-state index contributed by atoms with van der Waals surface area (Å²) in [5.41, 5.74) is 3.97. The van der Waals surface area contributed by atoms with Crippen molar-refractivity contribution in [3.63, 3.8) is 0 Å². The number of methoxy groups -OCH3 is 3. The van der Waals surface area contributed by atoms with Gasteiger partial charge in [0.25, 0.3) is 0 Å². The van der Waals surface area contributed by atoms with E-state index in [4.69, 9.17) is 14.2 Å². The molecule has 0 amide bonds. The lowest BCUT2D eigenvalue weighted by Crippen LogP contribution is -2.46. The fourth-order valence-electron chi connectivity index (χ4n) is 4.86. The third-order valence-electron chi connectivity index (χ3n) is 6.73. The summed E-state index contributed by atoms with van der Waals surface area (Å²) in [7, 11) is 4.97. The van der Waals surface area contributed by atoms with Crippen LogP contribution in [0.1, 0.15) is 29.0 Å². The first-order chi connectivity index (χ1) is 16.7. The van der Waals surface area contributed by atoms with E-state index in [1.165, 1.54) is 16.7 Å². The fraction of sp³-hybridized carbons (Fsp3) is 0.379. The van der Waals surface area contributed by atoms with Gasteiger partial charge in [-0.15, -0.1) is 0 Å². The quantitative estimate of drug-likeness (QED) is 0.423. The Labute approximate surface area is 203 Å².